The fraction of sp³-hybridized carbons (Fsp3) is 0.250. The third-order valence-electron chi connectivity index (χ3n) is 2.49. The van der Waals surface area contributed by atoms with Crippen LogP contribution in [0.5, 0.6) is 0 Å². The van der Waals surface area contributed by atoms with Crippen LogP contribution in [0.1, 0.15) is 21.6 Å². The summed E-state index contributed by atoms with van der Waals surface area (Å²) in [6.45, 7) is 3.63. The number of carbonyl (C=O) groups is 1. The Kier molecular flexibility index (Phi) is 3.38. The number of carboxylic acid groups (broad SMARTS) is 1. The second-order valence-electron chi connectivity index (χ2n) is 3.99. The molecule has 2 aromatic rings. The van der Waals surface area contributed by atoms with Crippen molar-refractivity contribution in [3.8, 4) is 0 Å². The van der Waals surface area contributed by atoms with Crippen molar-refractivity contribution in [1.82, 2.24) is 14.5 Å². The lowest BCUT2D eigenvalue weighted by atomic mass is 10.1. The van der Waals surface area contributed by atoms with Crippen LogP contribution in [-0.4, -0.2) is 25.6 Å². The lowest BCUT2D eigenvalue weighted by molar-refractivity contribution is 0.0691. The first-order valence-electron chi connectivity index (χ1n) is 5.35. The molecular weight excluding hydrogens is 250 g/mol. The predicted octanol–water partition coefficient (Wildman–Crippen LogP) is 2.28. The van der Waals surface area contributed by atoms with Crippen molar-refractivity contribution in [2.75, 3.05) is 0 Å². The number of carboxylic acids is 1. The lowest BCUT2D eigenvalue weighted by Crippen LogP contribution is -2.06. The van der Waals surface area contributed by atoms with Crippen molar-refractivity contribution in [2.24, 2.45) is 7.05 Å². The molecule has 0 radical (unpaired) electrons. The zero-order valence-electron chi connectivity index (χ0n) is 10.3. The summed E-state index contributed by atoms with van der Waals surface area (Å²) in [5.41, 5.74) is 1.76. The van der Waals surface area contributed by atoms with Gasteiger partial charge in [0.25, 0.3) is 0 Å². The van der Waals surface area contributed by atoms with E-state index in [9.17, 15) is 9.90 Å². The molecule has 0 aliphatic rings. The third-order valence-corrected chi connectivity index (χ3v) is 3.56. The molecule has 94 valence electrons. The van der Waals surface area contributed by atoms with Gasteiger partial charge in [-0.2, -0.15) is 0 Å². The third kappa shape index (κ3) is 2.38. The number of aryl methyl sites for hydroxylation is 3. The molecule has 0 atom stereocenters. The molecule has 2 heterocycles. The largest absolute Gasteiger partial charge is 0.478 e. The zero-order valence-corrected chi connectivity index (χ0v) is 11.2. The molecule has 6 heteroatoms. The second kappa shape index (κ2) is 4.81. The van der Waals surface area contributed by atoms with Gasteiger partial charge in [0.05, 0.1) is 5.56 Å². The molecule has 0 aliphatic heterocycles. The van der Waals surface area contributed by atoms with Gasteiger partial charge in [-0.15, -0.1) is 0 Å². The maximum Gasteiger partial charge on any atom is 0.338 e. The summed E-state index contributed by atoms with van der Waals surface area (Å²) in [6.07, 6.45) is 3.48. The molecule has 0 spiro atoms. The van der Waals surface area contributed by atoms with Gasteiger partial charge in [-0.05, 0) is 37.2 Å². The van der Waals surface area contributed by atoms with Crippen LogP contribution in [0, 0.1) is 13.8 Å². The SMILES string of the molecule is Cc1cc(C)c(C(=O)O)c(Sc2nccn2C)n1. The molecule has 0 saturated heterocycles. The van der Waals surface area contributed by atoms with Gasteiger partial charge >= 0.3 is 5.97 Å². The van der Waals surface area contributed by atoms with Gasteiger partial charge in [0.15, 0.2) is 5.16 Å². The molecule has 18 heavy (non-hydrogen) atoms. The van der Waals surface area contributed by atoms with Gasteiger partial charge in [0, 0.05) is 25.1 Å². The van der Waals surface area contributed by atoms with Gasteiger partial charge in [-0.3, -0.25) is 0 Å². The van der Waals surface area contributed by atoms with Crippen LogP contribution in [-0.2, 0) is 7.05 Å². The quantitative estimate of drug-likeness (QED) is 0.920. The van der Waals surface area contributed by atoms with Crippen LogP contribution < -0.4 is 0 Å². The predicted molar refractivity (Wildman–Crippen MR) is 68.0 cm³/mol. The zero-order chi connectivity index (χ0) is 13.3. The first kappa shape index (κ1) is 12.6. The number of hydrogen-bond acceptors (Lipinski definition) is 4. The highest BCUT2D eigenvalue weighted by molar-refractivity contribution is 7.99. The highest BCUT2D eigenvalue weighted by Gasteiger charge is 2.18. The second-order valence-corrected chi connectivity index (χ2v) is 4.94. The molecule has 0 aromatic carbocycles. The van der Waals surface area contributed by atoms with E-state index >= 15 is 0 Å². The Morgan fingerprint density at radius 2 is 2.17 bits per heavy atom. The van der Waals surface area contributed by atoms with Crippen molar-refractivity contribution in [3.63, 3.8) is 0 Å². The average Bonchev–Trinajstić information content (AvgIpc) is 2.62. The van der Waals surface area contributed by atoms with E-state index in [4.69, 9.17) is 0 Å². The Bertz CT molecular complexity index is 607. The topological polar surface area (TPSA) is 68.0 Å². The molecule has 0 bridgehead atoms. The maximum atomic E-state index is 11.3. The van der Waals surface area contributed by atoms with Crippen molar-refractivity contribution < 1.29 is 9.90 Å². The fourth-order valence-electron chi connectivity index (χ4n) is 1.67. The Labute approximate surface area is 109 Å². The number of nitrogens with zero attached hydrogens (tertiary/aromatic N) is 3. The van der Waals surface area contributed by atoms with Crippen LogP contribution in [0.25, 0.3) is 0 Å². The van der Waals surface area contributed by atoms with Gasteiger partial charge in [-0.1, -0.05) is 0 Å². The minimum Gasteiger partial charge on any atom is -0.478 e. The van der Waals surface area contributed by atoms with E-state index in [-0.39, 0.29) is 5.56 Å². The van der Waals surface area contributed by atoms with Crippen molar-refractivity contribution in [2.45, 2.75) is 24.0 Å². The van der Waals surface area contributed by atoms with Gasteiger partial charge < -0.3 is 9.67 Å². The molecule has 1 N–H and O–H groups in total. The monoisotopic (exact) mass is 263 g/mol. The normalized spacial score (nSPS) is 10.6. The van der Waals surface area contributed by atoms with Crippen LogP contribution in [0.2, 0.25) is 0 Å². The summed E-state index contributed by atoms with van der Waals surface area (Å²) in [4.78, 5) is 19.8. The Morgan fingerprint density at radius 3 is 2.72 bits per heavy atom. The summed E-state index contributed by atoms with van der Waals surface area (Å²) < 4.78 is 1.83. The molecule has 0 unspecified atom stereocenters. The van der Waals surface area contributed by atoms with E-state index in [1.165, 1.54) is 11.8 Å². The van der Waals surface area contributed by atoms with Crippen LogP contribution in [0.15, 0.2) is 28.6 Å². The molecule has 0 saturated carbocycles. The summed E-state index contributed by atoms with van der Waals surface area (Å²) in [5, 5.41) is 10.5. The van der Waals surface area contributed by atoms with Crippen molar-refractivity contribution in [3.05, 3.63) is 35.3 Å². The minimum absolute atomic E-state index is 0.244. The standard InChI is InChI=1S/C12H13N3O2S/c1-7-6-8(2)14-10(9(7)11(16)17)18-12-13-4-5-15(12)3/h4-6H,1-3H3,(H,16,17). The fourth-order valence-corrected chi connectivity index (χ4v) is 2.70. The Morgan fingerprint density at radius 1 is 1.44 bits per heavy atom. The molecule has 2 aromatic heterocycles. The summed E-state index contributed by atoms with van der Waals surface area (Å²) in [6, 6.07) is 1.77. The Hall–Kier alpha value is -1.82. The van der Waals surface area contributed by atoms with Crippen LogP contribution >= 0.6 is 11.8 Å². The smallest absolute Gasteiger partial charge is 0.338 e. The number of aromatic nitrogens is 3. The minimum atomic E-state index is -0.961. The lowest BCUT2D eigenvalue weighted by Gasteiger charge is -2.08. The van der Waals surface area contributed by atoms with E-state index in [1.807, 2.05) is 24.7 Å². The number of pyridine rings is 1. The molecule has 5 nitrogen and oxygen atoms in total. The van der Waals surface area contributed by atoms with E-state index in [0.29, 0.717) is 10.6 Å². The summed E-state index contributed by atoms with van der Waals surface area (Å²) in [5.74, 6) is -0.961. The van der Waals surface area contributed by atoms with Gasteiger partial charge in [-0.25, -0.2) is 14.8 Å². The number of rotatable bonds is 3. The average molecular weight is 263 g/mol. The number of imidazole rings is 1. The summed E-state index contributed by atoms with van der Waals surface area (Å²) in [7, 11) is 1.86. The van der Waals surface area contributed by atoms with Crippen molar-refractivity contribution >= 4 is 17.7 Å². The van der Waals surface area contributed by atoms with E-state index in [2.05, 4.69) is 9.97 Å². The van der Waals surface area contributed by atoms with Crippen molar-refractivity contribution in [1.29, 1.82) is 0 Å². The van der Waals surface area contributed by atoms with Crippen LogP contribution in [0.3, 0.4) is 0 Å². The van der Waals surface area contributed by atoms with Gasteiger partial charge in [0.2, 0.25) is 0 Å². The van der Waals surface area contributed by atoms with E-state index < -0.39 is 5.97 Å². The van der Waals surface area contributed by atoms with E-state index in [0.717, 1.165) is 10.9 Å². The maximum absolute atomic E-state index is 11.3. The highest BCUT2D eigenvalue weighted by Crippen LogP contribution is 2.29. The number of hydrogen-bond donors (Lipinski definition) is 1. The molecule has 0 fully saturated rings. The molecular formula is C12H13N3O2S. The van der Waals surface area contributed by atoms with E-state index in [1.54, 1.807) is 19.2 Å². The molecule has 0 amide bonds. The first-order chi connectivity index (χ1) is 8.49. The highest BCUT2D eigenvalue weighted by atomic mass is 32.2. The first-order valence-corrected chi connectivity index (χ1v) is 6.17. The van der Waals surface area contributed by atoms with Crippen LogP contribution in [0.4, 0.5) is 0 Å². The molecule has 2 rings (SSSR count). The number of aromatic carboxylic acids is 1. The van der Waals surface area contributed by atoms with Gasteiger partial charge in [0.1, 0.15) is 5.03 Å². The Balaban J connectivity index is 2.49. The summed E-state index contributed by atoms with van der Waals surface area (Å²) >= 11 is 1.26. The molecule has 0 aliphatic carbocycles.